The molecule has 2 aromatic rings. The molecule has 1 heterocycles. The Labute approximate surface area is 113 Å². The number of nitrogens with one attached hydrogen (secondary N) is 1. The summed E-state index contributed by atoms with van der Waals surface area (Å²) in [4.78, 5) is 26.4. The summed E-state index contributed by atoms with van der Waals surface area (Å²) >= 11 is 1.35. The van der Waals surface area contributed by atoms with Gasteiger partial charge in [0.2, 0.25) is 5.91 Å². The second kappa shape index (κ2) is 5.77. The summed E-state index contributed by atoms with van der Waals surface area (Å²) in [7, 11) is 0. The van der Waals surface area contributed by atoms with Crippen molar-refractivity contribution in [3.8, 4) is 0 Å². The predicted molar refractivity (Wildman–Crippen MR) is 73.1 cm³/mol. The number of thiazole rings is 1. The predicted octanol–water partition coefficient (Wildman–Crippen LogP) is 1.43. The van der Waals surface area contributed by atoms with Gasteiger partial charge in [-0.2, -0.15) is 0 Å². The van der Waals surface area contributed by atoms with E-state index in [-0.39, 0.29) is 12.8 Å². The average Bonchev–Trinajstić information content (AvgIpc) is 2.77. The zero-order valence-corrected chi connectivity index (χ0v) is 10.8. The van der Waals surface area contributed by atoms with Crippen LogP contribution in [0.4, 0.5) is 5.13 Å². The first-order chi connectivity index (χ1) is 9.06. The van der Waals surface area contributed by atoms with Crippen LogP contribution >= 0.6 is 11.3 Å². The summed E-state index contributed by atoms with van der Waals surface area (Å²) in [5, 5.41) is 11.6. The number of benzene rings is 1. The molecule has 0 fully saturated rings. The number of rotatable bonds is 5. The molecule has 1 amide bonds. The van der Waals surface area contributed by atoms with Gasteiger partial charge in [-0.05, 0) is 18.6 Å². The fourth-order valence-electron chi connectivity index (χ4n) is 1.53. The van der Waals surface area contributed by atoms with Crippen LogP contribution in [0.15, 0.2) is 24.3 Å². The van der Waals surface area contributed by atoms with Crippen molar-refractivity contribution in [2.24, 2.45) is 5.73 Å². The van der Waals surface area contributed by atoms with Gasteiger partial charge in [0.25, 0.3) is 0 Å². The zero-order valence-electron chi connectivity index (χ0n) is 10.00. The van der Waals surface area contributed by atoms with Crippen molar-refractivity contribution in [1.29, 1.82) is 0 Å². The number of aliphatic carboxylic acids is 1. The van der Waals surface area contributed by atoms with Crippen LogP contribution in [0.5, 0.6) is 0 Å². The van der Waals surface area contributed by atoms with Crippen molar-refractivity contribution in [2.75, 3.05) is 5.32 Å². The molecule has 0 saturated carbocycles. The van der Waals surface area contributed by atoms with Gasteiger partial charge in [-0.15, -0.1) is 0 Å². The highest BCUT2D eigenvalue weighted by molar-refractivity contribution is 7.22. The largest absolute Gasteiger partial charge is 0.481 e. The van der Waals surface area contributed by atoms with Crippen molar-refractivity contribution >= 4 is 38.6 Å². The second-order valence-electron chi connectivity index (χ2n) is 4.01. The Hall–Kier alpha value is -1.99. The van der Waals surface area contributed by atoms with E-state index in [9.17, 15) is 9.59 Å². The normalized spacial score (nSPS) is 12.3. The summed E-state index contributed by atoms with van der Waals surface area (Å²) in [6.07, 6.45) is -0.0273. The quantitative estimate of drug-likeness (QED) is 0.767. The van der Waals surface area contributed by atoms with E-state index in [1.165, 1.54) is 11.3 Å². The van der Waals surface area contributed by atoms with Crippen LogP contribution in [0.1, 0.15) is 12.8 Å². The van der Waals surface area contributed by atoms with E-state index < -0.39 is 17.9 Å². The summed E-state index contributed by atoms with van der Waals surface area (Å²) < 4.78 is 0.969. The van der Waals surface area contributed by atoms with E-state index in [0.29, 0.717) is 5.13 Å². The number of carboxylic acids is 1. The van der Waals surface area contributed by atoms with Gasteiger partial charge < -0.3 is 16.2 Å². The molecule has 1 unspecified atom stereocenters. The van der Waals surface area contributed by atoms with Crippen LogP contribution in [0.3, 0.4) is 0 Å². The third kappa shape index (κ3) is 3.49. The fraction of sp³-hybridized carbons (Fsp3) is 0.250. The van der Waals surface area contributed by atoms with E-state index in [0.717, 1.165) is 10.2 Å². The molecule has 0 saturated heterocycles. The van der Waals surface area contributed by atoms with Crippen LogP contribution in [0, 0.1) is 0 Å². The summed E-state index contributed by atoms with van der Waals surface area (Å²) in [5.41, 5.74) is 6.42. The fourth-order valence-corrected chi connectivity index (χ4v) is 2.40. The molecule has 2 rings (SSSR count). The minimum Gasteiger partial charge on any atom is -0.481 e. The maximum atomic E-state index is 11.7. The molecular weight excluding hydrogens is 266 g/mol. The van der Waals surface area contributed by atoms with Crippen LogP contribution in [-0.4, -0.2) is 28.0 Å². The van der Waals surface area contributed by atoms with Crippen molar-refractivity contribution in [2.45, 2.75) is 18.9 Å². The molecule has 0 aliphatic carbocycles. The number of carboxylic acid groups (broad SMARTS) is 1. The molecule has 100 valence electrons. The molecule has 0 aliphatic rings. The lowest BCUT2D eigenvalue weighted by molar-refractivity contribution is -0.137. The van der Waals surface area contributed by atoms with E-state index >= 15 is 0 Å². The third-order valence-corrected chi connectivity index (χ3v) is 3.48. The van der Waals surface area contributed by atoms with E-state index in [4.69, 9.17) is 10.8 Å². The lowest BCUT2D eigenvalue weighted by atomic mass is 10.1. The molecular formula is C12H13N3O3S. The molecule has 7 heteroatoms. The molecule has 1 aromatic heterocycles. The van der Waals surface area contributed by atoms with Gasteiger partial charge in [-0.1, -0.05) is 23.5 Å². The third-order valence-electron chi connectivity index (χ3n) is 2.53. The number of carbonyl (C=O) groups excluding carboxylic acids is 1. The number of hydrogen-bond acceptors (Lipinski definition) is 5. The second-order valence-corrected chi connectivity index (χ2v) is 5.05. The molecule has 6 nitrogen and oxygen atoms in total. The smallest absolute Gasteiger partial charge is 0.303 e. The lowest BCUT2D eigenvalue weighted by Gasteiger charge is -2.08. The maximum absolute atomic E-state index is 11.7. The zero-order chi connectivity index (χ0) is 13.8. The molecule has 1 aromatic carbocycles. The highest BCUT2D eigenvalue weighted by Crippen LogP contribution is 2.25. The number of amides is 1. The van der Waals surface area contributed by atoms with E-state index in [2.05, 4.69) is 10.3 Å². The van der Waals surface area contributed by atoms with Gasteiger partial charge in [-0.25, -0.2) is 4.98 Å². The van der Waals surface area contributed by atoms with Gasteiger partial charge in [0.05, 0.1) is 16.3 Å². The van der Waals surface area contributed by atoms with Gasteiger partial charge in [-0.3, -0.25) is 9.59 Å². The lowest BCUT2D eigenvalue weighted by Crippen LogP contribution is -2.35. The molecule has 4 N–H and O–H groups in total. The number of hydrogen-bond donors (Lipinski definition) is 3. The SMILES string of the molecule is NC(CCC(=O)O)C(=O)Nc1nc2ccccc2s1. The molecule has 0 aliphatic heterocycles. The summed E-state index contributed by atoms with van der Waals surface area (Å²) in [6.45, 7) is 0. The Morgan fingerprint density at radius 1 is 1.42 bits per heavy atom. The van der Waals surface area contributed by atoms with Crippen LogP contribution in [0.2, 0.25) is 0 Å². The maximum Gasteiger partial charge on any atom is 0.303 e. The number of aromatic nitrogens is 1. The topological polar surface area (TPSA) is 105 Å². The van der Waals surface area contributed by atoms with Crippen molar-refractivity contribution < 1.29 is 14.7 Å². The Morgan fingerprint density at radius 2 is 2.16 bits per heavy atom. The average molecular weight is 279 g/mol. The van der Waals surface area contributed by atoms with Gasteiger partial charge in [0.1, 0.15) is 0 Å². The van der Waals surface area contributed by atoms with Crippen LogP contribution in [-0.2, 0) is 9.59 Å². The van der Waals surface area contributed by atoms with Crippen molar-refractivity contribution in [3.05, 3.63) is 24.3 Å². The number of nitrogens with two attached hydrogens (primary N) is 1. The first-order valence-corrected chi connectivity index (χ1v) is 6.51. The van der Waals surface area contributed by atoms with E-state index in [1.807, 2.05) is 24.3 Å². The molecule has 0 spiro atoms. The highest BCUT2D eigenvalue weighted by atomic mass is 32.1. The molecule has 0 radical (unpaired) electrons. The van der Waals surface area contributed by atoms with Crippen molar-refractivity contribution in [3.63, 3.8) is 0 Å². The Kier molecular flexibility index (Phi) is 4.08. The number of nitrogens with zero attached hydrogens (tertiary/aromatic N) is 1. The Balaban J connectivity index is 2.00. The molecule has 1 atom stereocenters. The molecule has 19 heavy (non-hydrogen) atoms. The number of para-hydroxylation sites is 1. The Bertz CT molecular complexity index is 578. The van der Waals surface area contributed by atoms with Crippen molar-refractivity contribution in [1.82, 2.24) is 4.98 Å². The Morgan fingerprint density at radius 3 is 2.84 bits per heavy atom. The first-order valence-electron chi connectivity index (χ1n) is 5.70. The summed E-state index contributed by atoms with van der Waals surface area (Å²) in [5.74, 6) is -1.39. The van der Waals surface area contributed by atoms with Gasteiger partial charge in [0, 0.05) is 6.42 Å². The summed E-state index contributed by atoms with van der Waals surface area (Å²) in [6, 6.07) is 6.68. The number of fused-ring (bicyclic) bond motifs is 1. The van der Waals surface area contributed by atoms with Gasteiger partial charge >= 0.3 is 5.97 Å². The number of carbonyl (C=O) groups is 2. The minimum atomic E-state index is -0.969. The first kappa shape index (κ1) is 13.4. The highest BCUT2D eigenvalue weighted by Gasteiger charge is 2.16. The number of anilines is 1. The van der Waals surface area contributed by atoms with Gasteiger partial charge in [0.15, 0.2) is 5.13 Å². The van der Waals surface area contributed by atoms with Crippen LogP contribution < -0.4 is 11.1 Å². The standard InChI is InChI=1S/C12H13N3O3S/c13-7(5-6-10(16)17)11(18)15-12-14-8-3-1-2-4-9(8)19-12/h1-4,7H,5-6,13H2,(H,16,17)(H,14,15,18). The van der Waals surface area contributed by atoms with E-state index in [1.54, 1.807) is 0 Å². The minimum absolute atomic E-state index is 0.103. The molecule has 0 bridgehead atoms. The van der Waals surface area contributed by atoms with Crippen LogP contribution in [0.25, 0.3) is 10.2 Å². The monoisotopic (exact) mass is 279 g/mol.